The van der Waals surface area contributed by atoms with E-state index in [4.69, 9.17) is 32.5 Å². The Morgan fingerprint density at radius 3 is 2.50 bits per heavy atom. The van der Waals surface area contributed by atoms with Crippen LogP contribution in [0.4, 0.5) is 5.69 Å². The lowest BCUT2D eigenvalue weighted by atomic mass is 10.2. The molecule has 0 aliphatic carbocycles. The Balaban J connectivity index is 2.37. The molecule has 0 unspecified atom stereocenters. The third-order valence-electron chi connectivity index (χ3n) is 2.42. The van der Waals surface area contributed by atoms with Crippen LogP contribution in [0.1, 0.15) is 10.4 Å². The fraction of sp³-hybridized carbons (Fsp3) is 0.0769. The number of nitrogens with zero attached hydrogens (tertiary/aromatic N) is 1. The second kappa shape index (κ2) is 5.66. The molecule has 4 N–H and O–H groups in total. The molecule has 0 aliphatic heterocycles. The fourth-order valence-corrected chi connectivity index (χ4v) is 1.76. The van der Waals surface area contributed by atoms with Crippen LogP contribution in [0.25, 0.3) is 0 Å². The second-order valence-corrected chi connectivity index (χ2v) is 4.31. The first-order valence-corrected chi connectivity index (χ1v) is 5.95. The van der Waals surface area contributed by atoms with E-state index in [1.54, 1.807) is 6.07 Å². The molecule has 0 radical (unpaired) electrons. The summed E-state index contributed by atoms with van der Waals surface area (Å²) in [5, 5.41) is 0.207. The number of amides is 1. The van der Waals surface area contributed by atoms with Gasteiger partial charge in [-0.1, -0.05) is 11.6 Å². The number of halogens is 1. The van der Waals surface area contributed by atoms with Crippen molar-refractivity contribution in [2.24, 2.45) is 5.73 Å². The van der Waals surface area contributed by atoms with E-state index in [-0.39, 0.29) is 16.6 Å². The summed E-state index contributed by atoms with van der Waals surface area (Å²) in [7, 11) is 1.47. The average molecular weight is 294 g/mol. The molecule has 0 saturated heterocycles. The Morgan fingerprint density at radius 2 is 1.90 bits per heavy atom. The van der Waals surface area contributed by atoms with Crippen molar-refractivity contribution in [2.75, 3.05) is 12.8 Å². The van der Waals surface area contributed by atoms with E-state index in [1.165, 1.54) is 31.4 Å². The number of carbonyl (C=O) groups is 1. The number of hydrogen-bond acceptors (Lipinski definition) is 5. The van der Waals surface area contributed by atoms with Gasteiger partial charge in [-0.05, 0) is 18.2 Å². The van der Waals surface area contributed by atoms with Gasteiger partial charge in [-0.25, -0.2) is 4.98 Å². The molecule has 0 bridgehead atoms. The molecular weight excluding hydrogens is 282 g/mol. The summed E-state index contributed by atoms with van der Waals surface area (Å²) < 4.78 is 10.6. The summed E-state index contributed by atoms with van der Waals surface area (Å²) in [5.74, 6) is 0.393. The normalized spacial score (nSPS) is 10.1. The number of nitrogen functional groups attached to an aromatic ring is 1. The molecule has 0 fully saturated rings. The zero-order valence-electron chi connectivity index (χ0n) is 10.6. The molecule has 6 nitrogen and oxygen atoms in total. The Kier molecular flexibility index (Phi) is 3.95. The molecule has 2 aromatic rings. The Morgan fingerprint density at radius 1 is 1.20 bits per heavy atom. The Labute approximate surface area is 120 Å². The highest BCUT2D eigenvalue weighted by Crippen LogP contribution is 2.28. The van der Waals surface area contributed by atoms with Crippen LogP contribution in [-0.2, 0) is 0 Å². The average Bonchev–Trinajstić information content (AvgIpc) is 2.36. The van der Waals surface area contributed by atoms with Gasteiger partial charge in [0.25, 0.3) is 0 Å². The quantitative estimate of drug-likeness (QED) is 0.842. The molecular formula is C13H12ClN3O3. The third kappa shape index (κ3) is 3.30. The smallest absolute Gasteiger partial charge is 0.248 e. The molecule has 0 atom stereocenters. The van der Waals surface area contributed by atoms with E-state index in [2.05, 4.69) is 4.98 Å². The molecule has 104 valence electrons. The van der Waals surface area contributed by atoms with Gasteiger partial charge >= 0.3 is 0 Å². The highest BCUT2D eigenvalue weighted by atomic mass is 35.5. The van der Waals surface area contributed by atoms with Gasteiger partial charge in [0.1, 0.15) is 16.7 Å². The number of pyridine rings is 1. The van der Waals surface area contributed by atoms with E-state index in [9.17, 15) is 4.79 Å². The topological polar surface area (TPSA) is 100 Å². The summed E-state index contributed by atoms with van der Waals surface area (Å²) in [4.78, 5) is 15.2. The van der Waals surface area contributed by atoms with Crippen LogP contribution in [0.2, 0.25) is 5.15 Å². The van der Waals surface area contributed by atoms with Crippen molar-refractivity contribution in [3.63, 3.8) is 0 Å². The van der Waals surface area contributed by atoms with Crippen LogP contribution in [0.15, 0.2) is 30.3 Å². The number of rotatable bonds is 4. The number of benzene rings is 1. The van der Waals surface area contributed by atoms with Gasteiger partial charge in [-0.2, -0.15) is 0 Å². The minimum Gasteiger partial charge on any atom is -0.497 e. The number of ether oxygens (including phenoxy) is 2. The number of carbonyl (C=O) groups excluding carboxylic acids is 1. The number of anilines is 1. The summed E-state index contributed by atoms with van der Waals surface area (Å²) in [6, 6.07) is 7.58. The first kappa shape index (κ1) is 14.0. The lowest BCUT2D eigenvalue weighted by molar-refractivity contribution is 0.0999. The van der Waals surface area contributed by atoms with Crippen LogP contribution >= 0.6 is 11.6 Å². The van der Waals surface area contributed by atoms with Crippen molar-refractivity contribution in [3.05, 3.63) is 41.0 Å². The highest BCUT2D eigenvalue weighted by Gasteiger charge is 2.09. The van der Waals surface area contributed by atoms with Crippen LogP contribution in [-0.4, -0.2) is 18.0 Å². The van der Waals surface area contributed by atoms with Crippen molar-refractivity contribution in [1.82, 2.24) is 4.98 Å². The predicted octanol–water partition coefficient (Wildman–Crippen LogP) is 2.22. The first-order valence-electron chi connectivity index (χ1n) is 5.58. The Bertz CT molecular complexity index is 641. The van der Waals surface area contributed by atoms with Crippen LogP contribution in [0.5, 0.6) is 17.4 Å². The van der Waals surface area contributed by atoms with Gasteiger partial charge in [-0.15, -0.1) is 0 Å². The van der Waals surface area contributed by atoms with Crippen LogP contribution < -0.4 is 20.9 Å². The van der Waals surface area contributed by atoms with E-state index in [0.717, 1.165) is 0 Å². The molecule has 1 aromatic carbocycles. The van der Waals surface area contributed by atoms with Crippen molar-refractivity contribution in [2.45, 2.75) is 0 Å². The summed E-state index contributed by atoms with van der Waals surface area (Å²) in [5.41, 5.74) is 11.6. The monoisotopic (exact) mass is 293 g/mol. The summed E-state index contributed by atoms with van der Waals surface area (Å²) >= 11 is 5.79. The molecule has 1 amide bonds. The number of methoxy groups -OCH3 is 1. The van der Waals surface area contributed by atoms with Crippen LogP contribution in [0, 0.1) is 0 Å². The summed E-state index contributed by atoms with van der Waals surface area (Å²) in [6.45, 7) is 0. The van der Waals surface area contributed by atoms with E-state index in [1.807, 2.05) is 0 Å². The zero-order valence-corrected chi connectivity index (χ0v) is 11.3. The molecule has 1 aromatic heterocycles. The molecule has 20 heavy (non-hydrogen) atoms. The molecule has 0 saturated carbocycles. The van der Waals surface area contributed by atoms with Crippen molar-refractivity contribution < 1.29 is 14.3 Å². The third-order valence-corrected chi connectivity index (χ3v) is 2.61. The van der Waals surface area contributed by atoms with Crippen LogP contribution in [0.3, 0.4) is 0 Å². The largest absolute Gasteiger partial charge is 0.497 e. The minimum atomic E-state index is -0.590. The highest BCUT2D eigenvalue weighted by molar-refractivity contribution is 6.29. The maximum absolute atomic E-state index is 11.2. The van der Waals surface area contributed by atoms with E-state index < -0.39 is 5.91 Å². The minimum absolute atomic E-state index is 0.207. The van der Waals surface area contributed by atoms with Crippen molar-refractivity contribution >= 4 is 23.2 Å². The number of hydrogen-bond donors (Lipinski definition) is 2. The standard InChI is InChI=1S/C13H12ClN3O3/c1-19-9-2-7(13(16)18)3-10(6-9)20-12-5-8(15)4-11(14)17-12/h2-6H,1H3,(H2,15,17)(H2,16,18). The van der Waals surface area contributed by atoms with Crippen molar-refractivity contribution in [1.29, 1.82) is 0 Å². The number of nitrogens with two attached hydrogens (primary N) is 2. The Hall–Kier alpha value is -2.47. The maximum atomic E-state index is 11.2. The van der Waals surface area contributed by atoms with E-state index in [0.29, 0.717) is 17.2 Å². The SMILES string of the molecule is COc1cc(Oc2cc(N)cc(Cl)n2)cc(C(N)=O)c1. The second-order valence-electron chi connectivity index (χ2n) is 3.92. The van der Waals surface area contributed by atoms with Gasteiger partial charge in [0, 0.05) is 23.4 Å². The van der Waals surface area contributed by atoms with Gasteiger partial charge in [0.2, 0.25) is 11.8 Å². The van der Waals surface area contributed by atoms with Gasteiger partial charge in [-0.3, -0.25) is 4.79 Å². The lowest BCUT2D eigenvalue weighted by Crippen LogP contribution is -2.11. The molecule has 7 heteroatoms. The lowest BCUT2D eigenvalue weighted by Gasteiger charge is -2.09. The zero-order chi connectivity index (χ0) is 14.7. The fourth-order valence-electron chi connectivity index (χ4n) is 1.56. The molecule has 0 spiro atoms. The maximum Gasteiger partial charge on any atom is 0.248 e. The van der Waals surface area contributed by atoms with Crippen molar-refractivity contribution in [3.8, 4) is 17.4 Å². The predicted molar refractivity (Wildman–Crippen MR) is 75.2 cm³/mol. The molecule has 0 aliphatic rings. The first-order chi connectivity index (χ1) is 9.47. The summed E-state index contributed by atoms with van der Waals surface area (Å²) in [6.07, 6.45) is 0. The molecule has 2 rings (SSSR count). The number of primary amides is 1. The van der Waals surface area contributed by atoms with E-state index >= 15 is 0 Å². The van der Waals surface area contributed by atoms with Gasteiger partial charge < -0.3 is 20.9 Å². The van der Waals surface area contributed by atoms with Gasteiger partial charge in [0.05, 0.1) is 7.11 Å². The number of aromatic nitrogens is 1. The van der Waals surface area contributed by atoms with Gasteiger partial charge in [0.15, 0.2) is 0 Å². The molecule has 1 heterocycles.